The molecule has 0 bridgehead atoms. The zero-order valence-corrected chi connectivity index (χ0v) is 24.7. The molecule has 0 fully saturated rings. The summed E-state index contributed by atoms with van der Waals surface area (Å²) in [6.45, 7) is 3.48. The molecule has 1 atom stereocenters. The zero-order valence-electron chi connectivity index (χ0n) is 22.4. The van der Waals surface area contributed by atoms with Crippen LogP contribution in [0.4, 0.5) is 5.69 Å². The van der Waals surface area contributed by atoms with Crippen LogP contribution in [0.15, 0.2) is 72.8 Å². The molecule has 0 heterocycles. The van der Waals surface area contributed by atoms with Gasteiger partial charge in [-0.05, 0) is 41.3 Å². The Balaban J connectivity index is 2.06. The van der Waals surface area contributed by atoms with E-state index in [1.807, 2.05) is 56.3 Å². The molecule has 7 nitrogen and oxygen atoms in total. The van der Waals surface area contributed by atoms with Gasteiger partial charge in [-0.25, -0.2) is 8.42 Å². The Kier molecular flexibility index (Phi) is 10.4. The maximum atomic E-state index is 14.0. The first-order chi connectivity index (χ1) is 18.4. The molecular formula is C29H33Cl2N3O4S. The van der Waals surface area contributed by atoms with E-state index in [0.29, 0.717) is 21.3 Å². The number of carbonyl (C=O) groups excluding carboxylic acids is 2. The van der Waals surface area contributed by atoms with E-state index in [2.05, 4.69) is 5.32 Å². The van der Waals surface area contributed by atoms with Crippen LogP contribution in [0.2, 0.25) is 10.0 Å². The largest absolute Gasteiger partial charge is 0.357 e. The monoisotopic (exact) mass is 589 g/mol. The predicted octanol–water partition coefficient (Wildman–Crippen LogP) is 5.27. The van der Waals surface area contributed by atoms with Crippen molar-refractivity contribution in [3.05, 3.63) is 99.5 Å². The lowest BCUT2D eigenvalue weighted by atomic mass is 10.0. The van der Waals surface area contributed by atoms with Gasteiger partial charge in [-0.1, -0.05) is 85.6 Å². The van der Waals surface area contributed by atoms with Crippen LogP contribution in [0.5, 0.6) is 0 Å². The van der Waals surface area contributed by atoms with Crippen molar-refractivity contribution in [1.82, 2.24) is 10.2 Å². The average molecular weight is 591 g/mol. The Bertz CT molecular complexity index is 1380. The number of hydrogen-bond acceptors (Lipinski definition) is 4. The Morgan fingerprint density at radius 3 is 2.00 bits per heavy atom. The first-order valence-corrected chi connectivity index (χ1v) is 15.1. The van der Waals surface area contributed by atoms with Crippen LogP contribution in [-0.4, -0.2) is 51.0 Å². The highest BCUT2D eigenvalue weighted by atomic mass is 35.5. The molecule has 0 spiro atoms. The van der Waals surface area contributed by atoms with Gasteiger partial charge in [0.15, 0.2) is 0 Å². The van der Waals surface area contributed by atoms with Crippen molar-refractivity contribution in [3.63, 3.8) is 0 Å². The van der Waals surface area contributed by atoms with Crippen LogP contribution in [0.25, 0.3) is 0 Å². The first-order valence-electron chi connectivity index (χ1n) is 12.5. The molecule has 10 heteroatoms. The van der Waals surface area contributed by atoms with Crippen LogP contribution < -0.4 is 9.62 Å². The van der Waals surface area contributed by atoms with Gasteiger partial charge in [0, 0.05) is 35.6 Å². The third-order valence-corrected chi connectivity index (χ3v) is 8.28. The molecule has 1 unspecified atom stereocenters. The Labute approximate surface area is 240 Å². The number of hydrogen-bond donors (Lipinski definition) is 1. The van der Waals surface area contributed by atoms with Gasteiger partial charge in [-0.3, -0.25) is 13.9 Å². The molecule has 0 aliphatic carbocycles. The number of benzene rings is 3. The van der Waals surface area contributed by atoms with Gasteiger partial charge < -0.3 is 10.2 Å². The third kappa shape index (κ3) is 7.97. The second kappa shape index (κ2) is 13.3. The maximum absolute atomic E-state index is 14.0. The van der Waals surface area contributed by atoms with Crippen LogP contribution in [-0.2, 0) is 32.6 Å². The second-order valence-corrected chi connectivity index (χ2v) is 12.3. The van der Waals surface area contributed by atoms with E-state index in [-0.39, 0.29) is 18.9 Å². The van der Waals surface area contributed by atoms with Crippen LogP contribution in [0.1, 0.15) is 36.5 Å². The van der Waals surface area contributed by atoms with Crippen LogP contribution >= 0.6 is 23.2 Å². The van der Waals surface area contributed by atoms with Gasteiger partial charge >= 0.3 is 0 Å². The minimum Gasteiger partial charge on any atom is -0.357 e. The Morgan fingerprint density at radius 2 is 1.49 bits per heavy atom. The number of rotatable bonds is 11. The number of nitrogens with zero attached hydrogens (tertiary/aromatic N) is 2. The smallest absolute Gasteiger partial charge is 0.244 e. The predicted molar refractivity (Wildman–Crippen MR) is 158 cm³/mol. The molecule has 0 saturated heterocycles. The third-order valence-electron chi connectivity index (χ3n) is 6.43. The summed E-state index contributed by atoms with van der Waals surface area (Å²) >= 11 is 12.9. The summed E-state index contributed by atoms with van der Waals surface area (Å²) in [5, 5.41) is 3.30. The average Bonchev–Trinajstić information content (AvgIpc) is 2.90. The lowest BCUT2D eigenvalue weighted by molar-refractivity contribution is -0.139. The minimum atomic E-state index is -3.85. The number of carbonyl (C=O) groups is 2. The summed E-state index contributed by atoms with van der Waals surface area (Å²) in [5.74, 6) is -0.717. The maximum Gasteiger partial charge on any atom is 0.244 e. The number of halogens is 2. The summed E-state index contributed by atoms with van der Waals surface area (Å²) in [6.07, 6.45) is 1.25. The molecule has 1 N–H and O–H groups in total. The fraction of sp³-hybridized carbons (Fsp3) is 0.310. The molecule has 0 aromatic heterocycles. The number of nitrogens with one attached hydrogen (secondary N) is 1. The molecule has 2 amide bonds. The molecule has 208 valence electrons. The molecule has 0 saturated carbocycles. The molecule has 0 aliphatic heterocycles. The van der Waals surface area contributed by atoms with Gasteiger partial charge in [0.1, 0.15) is 12.6 Å². The molecular weight excluding hydrogens is 557 g/mol. The van der Waals surface area contributed by atoms with Crippen molar-refractivity contribution in [2.45, 2.75) is 38.8 Å². The normalized spacial score (nSPS) is 12.2. The molecule has 3 aromatic rings. The highest BCUT2D eigenvalue weighted by Crippen LogP contribution is 2.28. The number of amides is 2. The van der Waals surface area contributed by atoms with Crippen molar-refractivity contribution in [1.29, 1.82) is 0 Å². The van der Waals surface area contributed by atoms with Gasteiger partial charge in [-0.15, -0.1) is 0 Å². The van der Waals surface area contributed by atoms with Crippen molar-refractivity contribution in [2.75, 3.05) is 24.2 Å². The van der Waals surface area contributed by atoms with Gasteiger partial charge in [0.05, 0.1) is 11.9 Å². The topological polar surface area (TPSA) is 86.8 Å². The summed E-state index contributed by atoms with van der Waals surface area (Å²) in [5.41, 5.74) is 2.68. The Morgan fingerprint density at radius 1 is 0.897 bits per heavy atom. The fourth-order valence-electron chi connectivity index (χ4n) is 4.21. The van der Waals surface area contributed by atoms with Crippen molar-refractivity contribution in [3.8, 4) is 0 Å². The van der Waals surface area contributed by atoms with Crippen molar-refractivity contribution >= 4 is 50.7 Å². The van der Waals surface area contributed by atoms with Gasteiger partial charge in [0.2, 0.25) is 21.8 Å². The molecule has 39 heavy (non-hydrogen) atoms. The van der Waals surface area contributed by atoms with E-state index in [9.17, 15) is 18.0 Å². The number of likely N-dealkylation sites (N-methyl/N-ethyl adjacent to an activating group) is 1. The first kappa shape index (κ1) is 30.5. The van der Waals surface area contributed by atoms with Crippen molar-refractivity contribution < 1.29 is 18.0 Å². The summed E-state index contributed by atoms with van der Waals surface area (Å²) in [4.78, 5) is 28.5. The van der Waals surface area contributed by atoms with E-state index < -0.39 is 34.4 Å². The minimum absolute atomic E-state index is 0.0911. The van der Waals surface area contributed by atoms with E-state index in [0.717, 1.165) is 21.7 Å². The lowest BCUT2D eigenvalue weighted by Gasteiger charge is -2.33. The quantitative estimate of drug-likeness (QED) is 0.330. The van der Waals surface area contributed by atoms with Gasteiger partial charge in [-0.2, -0.15) is 0 Å². The zero-order chi connectivity index (χ0) is 28.7. The number of anilines is 1. The molecule has 3 aromatic carbocycles. The lowest BCUT2D eigenvalue weighted by Crippen LogP contribution is -2.53. The second-order valence-electron chi connectivity index (χ2n) is 9.56. The van der Waals surface area contributed by atoms with E-state index >= 15 is 0 Å². The fourth-order valence-corrected chi connectivity index (χ4v) is 5.58. The van der Waals surface area contributed by atoms with E-state index in [1.54, 1.807) is 30.3 Å². The standard InChI is InChI=1S/C29H33Cl2N3O4S/c1-20(2)22-13-15-23(16-14-22)34(39(4,37)38)19-28(35)33(18-24-25(30)11-8-12-26(24)31)27(29(36)32-3)17-21-9-6-5-7-10-21/h5-16,20,27H,17-19H2,1-4H3,(H,32,36). The number of sulfonamides is 1. The highest BCUT2D eigenvalue weighted by molar-refractivity contribution is 7.92. The van der Waals surface area contributed by atoms with Gasteiger partial charge in [0.25, 0.3) is 0 Å². The summed E-state index contributed by atoms with van der Waals surface area (Å²) in [6, 6.07) is 20.3. The highest BCUT2D eigenvalue weighted by Gasteiger charge is 2.33. The van der Waals surface area contributed by atoms with Crippen LogP contribution in [0.3, 0.4) is 0 Å². The SMILES string of the molecule is CNC(=O)C(Cc1ccccc1)N(Cc1c(Cl)cccc1Cl)C(=O)CN(c1ccc(C(C)C)cc1)S(C)(=O)=O. The molecule has 0 radical (unpaired) electrons. The molecule has 3 rings (SSSR count). The van der Waals surface area contributed by atoms with Crippen LogP contribution in [0, 0.1) is 0 Å². The van der Waals surface area contributed by atoms with E-state index in [1.165, 1.54) is 11.9 Å². The van der Waals surface area contributed by atoms with Crippen molar-refractivity contribution in [2.24, 2.45) is 0 Å². The summed E-state index contributed by atoms with van der Waals surface area (Å²) in [7, 11) is -2.36. The molecule has 0 aliphatic rings. The van der Waals surface area contributed by atoms with E-state index in [4.69, 9.17) is 23.2 Å². The summed E-state index contributed by atoms with van der Waals surface area (Å²) < 4.78 is 26.8. The Hall–Kier alpha value is -3.07.